The molecule has 0 amide bonds. The molecule has 134 valence electrons. The van der Waals surface area contributed by atoms with Gasteiger partial charge in [0.25, 0.3) is 0 Å². The Morgan fingerprint density at radius 1 is 0.960 bits per heavy atom. The lowest BCUT2D eigenvalue weighted by molar-refractivity contribution is 0.384. The predicted octanol–water partition coefficient (Wildman–Crippen LogP) is 3.51. The van der Waals surface area contributed by atoms with Gasteiger partial charge >= 0.3 is 0 Å². The van der Waals surface area contributed by atoms with Crippen molar-refractivity contribution >= 4 is 38.9 Å². The van der Waals surface area contributed by atoms with E-state index in [9.17, 15) is 8.42 Å². The summed E-state index contributed by atoms with van der Waals surface area (Å²) in [5, 5.41) is 0.355. The number of halogens is 2. The second-order valence-electron chi connectivity index (χ2n) is 5.65. The third kappa shape index (κ3) is 3.72. The molecule has 5 nitrogen and oxygen atoms in total. The van der Waals surface area contributed by atoms with Crippen molar-refractivity contribution in [1.29, 1.82) is 0 Å². The molecule has 2 aromatic rings. The molecule has 0 spiro atoms. The predicted molar refractivity (Wildman–Crippen MR) is 100 cm³/mol. The van der Waals surface area contributed by atoms with E-state index in [-0.39, 0.29) is 20.7 Å². The van der Waals surface area contributed by atoms with Gasteiger partial charge in [-0.25, -0.2) is 8.42 Å². The largest absolute Gasteiger partial charge is 0.494 e. The molecule has 25 heavy (non-hydrogen) atoms. The van der Waals surface area contributed by atoms with Gasteiger partial charge in [-0.1, -0.05) is 41.4 Å². The van der Waals surface area contributed by atoms with Crippen LogP contribution in [-0.2, 0) is 10.0 Å². The molecule has 1 saturated heterocycles. The van der Waals surface area contributed by atoms with Gasteiger partial charge in [0.1, 0.15) is 0 Å². The number of sulfonamides is 1. The summed E-state index contributed by atoms with van der Waals surface area (Å²) in [4.78, 5) is 2.25. The summed E-state index contributed by atoms with van der Waals surface area (Å²) in [6.45, 7) is 2.05. The van der Waals surface area contributed by atoms with E-state index in [1.807, 2.05) is 30.3 Å². The van der Waals surface area contributed by atoms with Crippen LogP contribution in [0.15, 0.2) is 47.4 Å². The molecule has 1 heterocycles. The lowest BCUT2D eigenvalue weighted by atomic mass is 10.2. The van der Waals surface area contributed by atoms with Gasteiger partial charge in [0.15, 0.2) is 5.75 Å². The Balaban J connectivity index is 1.78. The molecule has 0 N–H and O–H groups in total. The Morgan fingerprint density at radius 2 is 1.52 bits per heavy atom. The van der Waals surface area contributed by atoms with E-state index >= 15 is 0 Å². The number of ether oxygens (including phenoxy) is 1. The topological polar surface area (TPSA) is 49.9 Å². The van der Waals surface area contributed by atoms with Crippen LogP contribution >= 0.6 is 23.2 Å². The zero-order valence-corrected chi connectivity index (χ0v) is 16.0. The normalized spacial score (nSPS) is 16.0. The lowest BCUT2D eigenvalue weighted by Gasteiger charge is -2.35. The second-order valence-corrected chi connectivity index (χ2v) is 8.40. The molecule has 0 radical (unpaired) electrons. The smallest absolute Gasteiger partial charge is 0.243 e. The summed E-state index contributed by atoms with van der Waals surface area (Å²) in [5.41, 5.74) is 1.09. The second kappa shape index (κ2) is 7.41. The maximum absolute atomic E-state index is 12.9. The van der Waals surface area contributed by atoms with E-state index in [4.69, 9.17) is 27.9 Å². The Bertz CT molecular complexity index is 828. The van der Waals surface area contributed by atoms with Crippen molar-refractivity contribution in [3.8, 4) is 5.75 Å². The van der Waals surface area contributed by atoms with Gasteiger partial charge < -0.3 is 9.64 Å². The SMILES string of the molecule is COc1c(Cl)cc(S(=O)(=O)N2CCN(c3ccccc3)CC2)cc1Cl. The van der Waals surface area contributed by atoms with Gasteiger partial charge in [0.2, 0.25) is 10.0 Å². The monoisotopic (exact) mass is 400 g/mol. The van der Waals surface area contributed by atoms with E-state index in [0.29, 0.717) is 26.2 Å². The Morgan fingerprint density at radius 3 is 2.04 bits per heavy atom. The third-order valence-corrected chi connectivity index (χ3v) is 6.61. The minimum Gasteiger partial charge on any atom is -0.494 e. The van der Waals surface area contributed by atoms with Crippen LogP contribution in [0.4, 0.5) is 5.69 Å². The Hall–Kier alpha value is -1.47. The molecule has 0 aromatic heterocycles. The highest BCUT2D eigenvalue weighted by atomic mass is 35.5. The summed E-state index contributed by atoms with van der Waals surface area (Å²) in [6, 6.07) is 12.7. The molecule has 0 unspecified atom stereocenters. The number of nitrogens with zero attached hydrogens (tertiary/aromatic N) is 2. The van der Waals surface area contributed by atoms with Crippen LogP contribution in [0.2, 0.25) is 10.0 Å². The minimum absolute atomic E-state index is 0.0801. The molecule has 0 saturated carbocycles. The van der Waals surface area contributed by atoms with E-state index in [0.717, 1.165) is 5.69 Å². The van der Waals surface area contributed by atoms with Crippen LogP contribution in [0.25, 0.3) is 0 Å². The van der Waals surface area contributed by atoms with Crippen LogP contribution in [0.3, 0.4) is 0 Å². The summed E-state index contributed by atoms with van der Waals surface area (Å²) in [5.74, 6) is 0.274. The first-order valence-electron chi connectivity index (χ1n) is 7.76. The van der Waals surface area contributed by atoms with E-state index < -0.39 is 10.0 Å². The maximum Gasteiger partial charge on any atom is 0.243 e. The fourth-order valence-electron chi connectivity index (χ4n) is 2.86. The highest BCUT2D eigenvalue weighted by Gasteiger charge is 2.29. The quantitative estimate of drug-likeness (QED) is 0.787. The van der Waals surface area contributed by atoms with Crippen molar-refractivity contribution in [2.24, 2.45) is 0 Å². The minimum atomic E-state index is -3.66. The van der Waals surface area contributed by atoms with Crippen LogP contribution in [0.5, 0.6) is 5.75 Å². The zero-order chi connectivity index (χ0) is 18.0. The molecule has 0 bridgehead atoms. The first-order chi connectivity index (χ1) is 11.9. The molecule has 3 rings (SSSR count). The van der Waals surface area contributed by atoms with Gasteiger partial charge in [0.05, 0.1) is 22.1 Å². The number of hydrogen-bond donors (Lipinski definition) is 0. The molecule has 1 aliphatic rings. The average Bonchev–Trinajstić information content (AvgIpc) is 2.62. The summed E-state index contributed by atoms with van der Waals surface area (Å²) in [6.07, 6.45) is 0. The third-order valence-electron chi connectivity index (χ3n) is 4.17. The number of hydrogen-bond acceptors (Lipinski definition) is 4. The molecule has 2 aromatic carbocycles. The van der Waals surface area contributed by atoms with Crippen molar-refractivity contribution in [2.75, 3.05) is 38.2 Å². The van der Waals surface area contributed by atoms with Crippen molar-refractivity contribution in [3.05, 3.63) is 52.5 Å². The first kappa shape index (κ1) is 18.3. The van der Waals surface area contributed by atoms with Crippen LogP contribution < -0.4 is 9.64 Å². The van der Waals surface area contributed by atoms with E-state index in [1.165, 1.54) is 23.5 Å². The number of piperazine rings is 1. The number of benzene rings is 2. The van der Waals surface area contributed by atoms with Gasteiger partial charge in [-0.2, -0.15) is 4.31 Å². The molecule has 1 fully saturated rings. The summed E-state index contributed by atoms with van der Waals surface area (Å²) >= 11 is 12.2. The van der Waals surface area contributed by atoms with Crippen molar-refractivity contribution < 1.29 is 13.2 Å². The van der Waals surface area contributed by atoms with Crippen LogP contribution in [0, 0.1) is 0 Å². The van der Waals surface area contributed by atoms with E-state index in [1.54, 1.807) is 0 Å². The zero-order valence-electron chi connectivity index (χ0n) is 13.7. The molecule has 0 aliphatic carbocycles. The van der Waals surface area contributed by atoms with Gasteiger partial charge in [-0.15, -0.1) is 0 Å². The molecule has 8 heteroatoms. The molecule has 1 aliphatic heterocycles. The fraction of sp³-hybridized carbons (Fsp3) is 0.294. The number of para-hydroxylation sites is 1. The van der Waals surface area contributed by atoms with Crippen LogP contribution in [0.1, 0.15) is 0 Å². The number of anilines is 1. The first-order valence-corrected chi connectivity index (χ1v) is 9.96. The standard InChI is InChI=1S/C17H18Cl2N2O3S/c1-24-17-15(18)11-14(12-16(17)19)25(22,23)21-9-7-20(8-10-21)13-5-3-2-4-6-13/h2-6,11-12H,7-10H2,1H3. The molecule has 0 atom stereocenters. The fourth-order valence-corrected chi connectivity index (χ4v) is 5.10. The molecular formula is C17H18Cl2N2O3S. The average molecular weight is 401 g/mol. The summed E-state index contributed by atoms with van der Waals surface area (Å²) < 4.78 is 32.3. The Kier molecular flexibility index (Phi) is 5.43. The molecular weight excluding hydrogens is 383 g/mol. The Labute approximate surface area is 157 Å². The van der Waals surface area contributed by atoms with Crippen molar-refractivity contribution in [2.45, 2.75) is 4.90 Å². The number of rotatable bonds is 4. The van der Waals surface area contributed by atoms with Crippen molar-refractivity contribution in [3.63, 3.8) is 0 Å². The van der Waals surface area contributed by atoms with Crippen LogP contribution in [-0.4, -0.2) is 46.0 Å². The lowest BCUT2D eigenvalue weighted by Crippen LogP contribution is -2.48. The van der Waals surface area contributed by atoms with Gasteiger partial charge in [-0.05, 0) is 24.3 Å². The van der Waals surface area contributed by atoms with E-state index in [2.05, 4.69) is 4.90 Å². The highest BCUT2D eigenvalue weighted by molar-refractivity contribution is 7.89. The van der Waals surface area contributed by atoms with Gasteiger partial charge in [-0.3, -0.25) is 0 Å². The number of methoxy groups -OCH3 is 1. The maximum atomic E-state index is 12.9. The van der Waals surface area contributed by atoms with Crippen molar-refractivity contribution in [1.82, 2.24) is 4.31 Å². The van der Waals surface area contributed by atoms with Gasteiger partial charge in [0, 0.05) is 31.9 Å². The highest BCUT2D eigenvalue weighted by Crippen LogP contribution is 2.36. The summed E-state index contributed by atoms with van der Waals surface area (Å²) in [7, 11) is -2.22.